The lowest BCUT2D eigenvalue weighted by atomic mass is 9.80. The van der Waals surface area contributed by atoms with Gasteiger partial charge in [0.25, 0.3) is 0 Å². The van der Waals surface area contributed by atoms with Gasteiger partial charge in [-0.05, 0) is 44.2 Å². The summed E-state index contributed by atoms with van der Waals surface area (Å²) >= 11 is 0. The molecule has 2 aliphatic carbocycles. The van der Waals surface area contributed by atoms with Gasteiger partial charge in [0.1, 0.15) is 11.4 Å². The van der Waals surface area contributed by atoms with Crippen LogP contribution in [0.4, 0.5) is 5.82 Å². The lowest BCUT2D eigenvalue weighted by Crippen LogP contribution is -2.51. The van der Waals surface area contributed by atoms with Crippen molar-refractivity contribution in [1.82, 2.24) is 10.3 Å². The third-order valence-corrected chi connectivity index (χ3v) is 5.91. The standard InChI is InChI=1S/C23H31N3O3/c1-17(27)25-21-10-9-18(16-24-21)11-14-23(12-4-3-5-13-23)26-22(28)19-7-6-8-20(15-19)29-2/h9-10,16,19-20H,3-8,12-13,15H2,1-2H3,(H,26,28)(H,24,25,27)/t19-,20+/m0/s1. The number of nitrogens with zero attached hydrogens (tertiary/aromatic N) is 1. The molecule has 3 rings (SSSR count). The zero-order valence-corrected chi connectivity index (χ0v) is 17.4. The molecule has 2 atom stereocenters. The molecule has 2 amide bonds. The van der Waals surface area contributed by atoms with Crippen molar-refractivity contribution in [1.29, 1.82) is 0 Å². The van der Waals surface area contributed by atoms with Gasteiger partial charge in [-0.25, -0.2) is 4.98 Å². The van der Waals surface area contributed by atoms with Gasteiger partial charge in [-0.15, -0.1) is 0 Å². The minimum Gasteiger partial charge on any atom is -0.381 e. The first-order valence-corrected chi connectivity index (χ1v) is 10.6. The lowest BCUT2D eigenvalue weighted by molar-refractivity contribution is -0.129. The van der Waals surface area contributed by atoms with Crippen LogP contribution in [0.1, 0.15) is 70.3 Å². The van der Waals surface area contributed by atoms with Gasteiger partial charge < -0.3 is 15.4 Å². The molecule has 2 fully saturated rings. The molecule has 0 spiro atoms. The van der Waals surface area contributed by atoms with E-state index in [4.69, 9.17) is 4.74 Å². The van der Waals surface area contributed by atoms with Crippen LogP contribution in [0, 0.1) is 17.8 Å². The Morgan fingerprint density at radius 1 is 1.17 bits per heavy atom. The van der Waals surface area contributed by atoms with Crippen molar-refractivity contribution >= 4 is 17.6 Å². The molecule has 6 heteroatoms. The fourth-order valence-electron chi connectivity index (χ4n) is 4.29. The van der Waals surface area contributed by atoms with Crippen LogP contribution >= 0.6 is 0 Å². The number of carbonyl (C=O) groups excluding carboxylic acids is 2. The summed E-state index contributed by atoms with van der Waals surface area (Å²) in [7, 11) is 1.73. The van der Waals surface area contributed by atoms with Gasteiger partial charge in [-0.2, -0.15) is 0 Å². The van der Waals surface area contributed by atoms with Crippen LogP contribution in [0.5, 0.6) is 0 Å². The Morgan fingerprint density at radius 2 is 1.97 bits per heavy atom. The molecule has 1 heterocycles. The van der Waals surface area contributed by atoms with E-state index >= 15 is 0 Å². The summed E-state index contributed by atoms with van der Waals surface area (Å²) in [5.41, 5.74) is 0.307. The number of anilines is 1. The fourth-order valence-corrected chi connectivity index (χ4v) is 4.29. The SMILES string of the molecule is CO[C@@H]1CCC[C@H](C(=O)NC2(C#Cc3ccc(NC(C)=O)nc3)CCCCC2)C1. The summed E-state index contributed by atoms with van der Waals surface area (Å²) in [4.78, 5) is 28.3. The summed E-state index contributed by atoms with van der Waals surface area (Å²) in [6.45, 7) is 1.45. The maximum atomic E-state index is 13.0. The second-order valence-electron chi connectivity index (χ2n) is 8.22. The Kier molecular flexibility index (Phi) is 7.27. The minimum atomic E-state index is -0.467. The van der Waals surface area contributed by atoms with E-state index in [2.05, 4.69) is 27.5 Å². The molecule has 0 saturated heterocycles. The van der Waals surface area contributed by atoms with Crippen molar-refractivity contribution < 1.29 is 14.3 Å². The van der Waals surface area contributed by atoms with Crippen LogP contribution in [0.25, 0.3) is 0 Å². The molecule has 6 nitrogen and oxygen atoms in total. The highest BCUT2D eigenvalue weighted by Crippen LogP contribution is 2.31. The highest BCUT2D eigenvalue weighted by Gasteiger charge is 2.35. The predicted molar refractivity (Wildman–Crippen MR) is 112 cm³/mol. The zero-order valence-electron chi connectivity index (χ0n) is 17.4. The maximum Gasteiger partial charge on any atom is 0.224 e. The third-order valence-electron chi connectivity index (χ3n) is 5.91. The molecule has 2 N–H and O–H groups in total. The first-order chi connectivity index (χ1) is 14.0. The van der Waals surface area contributed by atoms with Crippen LogP contribution in [0.15, 0.2) is 18.3 Å². The maximum absolute atomic E-state index is 13.0. The Morgan fingerprint density at radius 3 is 2.62 bits per heavy atom. The molecule has 29 heavy (non-hydrogen) atoms. The summed E-state index contributed by atoms with van der Waals surface area (Å²) in [6, 6.07) is 3.58. The first-order valence-electron chi connectivity index (χ1n) is 10.6. The van der Waals surface area contributed by atoms with Crippen LogP contribution in [0.3, 0.4) is 0 Å². The van der Waals surface area contributed by atoms with Gasteiger partial charge in [0.2, 0.25) is 11.8 Å². The normalized spacial score (nSPS) is 23.4. The second-order valence-corrected chi connectivity index (χ2v) is 8.22. The summed E-state index contributed by atoms with van der Waals surface area (Å²) < 4.78 is 5.48. The van der Waals surface area contributed by atoms with Crippen molar-refractivity contribution in [3.8, 4) is 11.8 Å². The molecule has 156 valence electrons. The highest BCUT2D eigenvalue weighted by atomic mass is 16.5. The zero-order chi connectivity index (χ0) is 20.7. The Balaban J connectivity index is 1.71. The van der Waals surface area contributed by atoms with E-state index in [9.17, 15) is 9.59 Å². The number of amides is 2. The molecular weight excluding hydrogens is 366 g/mol. The largest absolute Gasteiger partial charge is 0.381 e. The number of hydrogen-bond acceptors (Lipinski definition) is 4. The quantitative estimate of drug-likeness (QED) is 0.763. The van der Waals surface area contributed by atoms with E-state index < -0.39 is 5.54 Å². The number of pyridine rings is 1. The predicted octanol–water partition coefficient (Wildman–Crippen LogP) is 3.42. The van der Waals surface area contributed by atoms with Crippen molar-refractivity contribution in [3.63, 3.8) is 0 Å². The smallest absolute Gasteiger partial charge is 0.224 e. The van der Waals surface area contributed by atoms with E-state index in [1.54, 1.807) is 19.4 Å². The van der Waals surface area contributed by atoms with E-state index in [1.165, 1.54) is 13.3 Å². The number of nitrogens with one attached hydrogen (secondary N) is 2. The van der Waals surface area contributed by atoms with Crippen molar-refractivity contribution in [2.75, 3.05) is 12.4 Å². The first kappa shape index (κ1) is 21.3. The Bertz CT molecular complexity index is 773. The van der Waals surface area contributed by atoms with Crippen molar-refractivity contribution in [2.45, 2.75) is 76.4 Å². The van der Waals surface area contributed by atoms with E-state index in [0.717, 1.165) is 56.9 Å². The van der Waals surface area contributed by atoms with Gasteiger partial charge in [0, 0.05) is 31.7 Å². The average Bonchev–Trinajstić information content (AvgIpc) is 2.73. The molecule has 0 aromatic carbocycles. The summed E-state index contributed by atoms with van der Waals surface area (Å²) in [5.74, 6) is 7.04. The Labute approximate surface area is 173 Å². The summed E-state index contributed by atoms with van der Waals surface area (Å²) in [6.07, 6.45) is 10.7. The number of aromatic nitrogens is 1. The summed E-state index contributed by atoms with van der Waals surface area (Å²) in [5, 5.41) is 5.96. The van der Waals surface area contributed by atoms with Gasteiger partial charge in [-0.1, -0.05) is 37.5 Å². The van der Waals surface area contributed by atoms with Gasteiger partial charge in [0.05, 0.1) is 6.10 Å². The van der Waals surface area contributed by atoms with Crippen LogP contribution in [-0.2, 0) is 14.3 Å². The highest BCUT2D eigenvalue weighted by molar-refractivity contribution is 5.87. The molecule has 2 saturated carbocycles. The van der Waals surface area contributed by atoms with Crippen LogP contribution < -0.4 is 10.6 Å². The van der Waals surface area contributed by atoms with E-state index in [-0.39, 0.29) is 23.8 Å². The number of rotatable bonds is 4. The monoisotopic (exact) mass is 397 g/mol. The topological polar surface area (TPSA) is 80.3 Å². The number of carbonyl (C=O) groups is 2. The molecule has 2 aliphatic rings. The Hall–Kier alpha value is -2.39. The molecule has 1 aromatic rings. The van der Waals surface area contributed by atoms with Crippen molar-refractivity contribution in [2.24, 2.45) is 5.92 Å². The van der Waals surface area contributed by atoms with Gasteiger partial charge in [-0.3, -0.25) is 9.59 Å². The van der Waals surface area contributed by atoms with Gasteiger partial charge in [0.15, 0.2) is 0 Å². The number of ether oxygens (including phenoxy) is 1. The lowest BCUT2D eigenvalue weighted by Gasteiger charge is -2.36. The second kappa shape index (κ2) is 9.89. The average molecular weight is 398 g/mol. The minimum absolute atomic E-state index is 0.00732. The molecule has 0 aliphatic heterocycles. The van der Waals surface area contributed by atoms with Crippen LogP contribution in [-0.4, -0.2) is 35.6 Å². The number of methoxy groups -OCH3 is 1. The molecule has 0 unspecified atom stereocenters. The van der Waals surface area contributed by atoms with Gasteiger partial charge >= 0.3 is 0 Å². The number of hydrogen-bond donors (Lipinski definition) is 2. The van der Waals surface area contributed by atoms with Crippen LogP contribution in [0.2, 0.25) is 0 Å². The molecule has 0 radical (unpaired) electrons. The van der Waals surface area contributed by atoms with E-state index in [1.807, 2.05) is 6.07 Å². The molecule has 1 aromatic heterocycles. The van der Waals surface area contributed by atoms with Crippen molar-refractivity contribution in [3.05, 3.63) is 23.9 Å². The molecule has 0 bridgehead atoms. The molecular formula is C23H31N3O3. The fraction of sp³-hybridized carbons (Fsp3) is 0.609. The van der Waals surface area contributed by atoms with E-state index in [0.29, 0.717) is 5.82 Å². The third kappa shape index (κ3) is 6.04.